The number of halogens is 1. The van der Waals surface area contributed by atoms with Crippen molar-refractivity contribution in [2.75, 3.05) is 20.2 Å². The lowest BCUT2D eigenvalue weighted by Gasteiger charge is -2.31. The van der Waals surface area contributed by atoms with Gasteiger partial charge in [-0.25, -0.2) is 0 Å². The van der Waals surface area contributed by atoms with Crippen molar-refractivity contribution in [2.24, 2.45) is 5.92 Å². The Bertz CT molecular complexity index is 458. The fraction of sp³-hybridized carbons (Fsp3) is 0.500. The molecule has 5 nitrogen and oxygen atoms in total. The minimum absolute atomic E-state index is 0.0747. The number of nitrogens with zero attached hydrogens (tertiary/aromatic N) is 1. The zero-order valence-electron chi connectivity index (χ0n) is 10.1. The molecular formula is C12H15BrN2O3. The van der Waals surface area contributed by atoms with Gasteiger partial charge in [-0.2, -0.15) is 0 Å². The maximum Gasteiger partial charge on any atom is 0.310 e. The second-order valence-corrected chi connectivity index (χ2v) is 5.26. The van der Waals surface area contributed by atoms with Crippen LogP contribution in [0.3, 0.4) is 0 Å². The summed E-state index contributed by atoms with van der Waals surface area (Å²) in [5.41, 5.74) is 0.535. The maximum absolute atomic E-state index is 12.2. The molecule has 0 spiro atoms. The number of hydrogen-bond acceptors (Lipinski definition) is 3. The first-order valence-electron chi connectivity index (χ1n) is 5.83. The summed E-state index contributed by atoms with van der Waals surface area (Å²) in [6, 6.07) is 1.74. The lowest BCUT2D eigenvalue weighted by Crippen LogP contribution is -2.42. The van der Waals surface area contributed by atoms with Crippen LogP contribution in [0.15, 0.2) is 16.7 Å². The van der Waals surface area contributed by atoms with E-state index in [1.54, 1.807) is 17.2 Å². The molecule has 0 saturated carbocycles. The number of aromatic amines is 1. The van der Waals surface area contributed by atoms with E-state index in [0.29, 0.717) is 18.8 Å². The molecule has 1 aromatic heterocycles. The monoisotopic (exact) mass is 314 g/mol. The lowest BCUT2D eigenvalue weighted by atomic mass is 9.98. The molecule has 1 amide bonds. The Morgan fingerprint density at radius 2 is 2.33 bits per heavy atom. The average molecular weight is 315 g/mol. The van der Waals surface area contributed by atoms with Crippen LogP contribution in [0.2, 0.25) is 0 Å². The molecule has 1 aromatic rings. The molecule has 6 heteroatoms. The highest BCUT2D eigenvalue weighted by Gasteiger charge is 2.29. The summed E-state index contributed by atoms with van der Waals surface area (Å²) in [7, 11) is 1.38. The number of aromatic nitrogens is 1. The first-order valence-corrected chi connectivity index (χ1v) is 6.62. The Hall–Kier alpha value is -1.30. The topological polar surface area (TPSA) is 62.4 Å². The van der Waals surface area contributed by atoms with E-state index in [2.05, 4.69) is 20.9 Å². The van der Waals surface area contributed by atoms with Crippen LogP contribution in [0.25, 0.3) is 0 Å². The number of carbonyl (C=O) groups excluding carboxylic acids is 2. The third kappa shape index (κ3) is 2.75. The molecule has 18 heavy (non-hydrogen) atoms. The van der Waals surface area contributed by atoms with E-state index in [-0.39, 0.29) is 17.8 Å². The molecule has 1 aliphatic rings. The van der Waals surface area contributed by atoms with Gasteiger partial charge in [0.15, 0.2) is 0 Å². The molecule has 1 aliphatic heterocycles. The van der Waals surface area contributed by atoms with Gasteiger partial charge in [-0.3, -0.25) is 9.59 Å². The normalized spacial score (nSPS) is 19.7. The number of esters is 1. The second-order valence-electron chi connectivity index (χ2n) is 4.35. The SMILES string of the molecule is COC(=O)[C@H]1CCCN(C(=O)c2cc(Br)c[nH]2)C1. The van der Waals surface area contributed by atoms with E-state index in [1.165, 1.54) is 7.11 Å². The fourth-order valence-corrected chi connectivity index (χ4v) is 2.53. The molecule has 1 atom stereocenters. The molecule has 0 radical (unpaired) electrons. The molecule has 0 aromatic carbocycles. The van der Waals surface area contributed by atoms with Crippen molar-refractivity contribution in [1.82, 2.24) is 9.88 Å². The van der Waals surface area contributed by atoms with Crippen molar-refractivity contribution in [3.8, 4) is 0 Å². The highest BCUT2D eigenvalue weighted by atomic mass is 79.9. The zero-order chi connectivity index (χ0) is 13.1. The summed E-state index contributed by atoms with van der Waals surface area (Å²) < 4.78 is 5.58. The molecule has 2 heterocycles. The minimum Gasteiger partial charge on any atom is -0.469 e. The van der Waals surface area contributed by atoms with Gasteiger partial charge < -0.3 is 14.6 Å². The van der Waals surface area contributed by atoms with Crippen molar-refractivity contribution in [1.29, 1.82) is 0 Å². The predicted molar refractivity (Wildman–Crippen MR) is 69.1 cm³/mol. The van der Waals surface area contributed by atoms with Crippen LogP contribution in [-0.4, -0.2) is 42.0 Å². The largest absolute Gasteiger partial charge is 0.469 e. The van der Waals surface area contributed by atoms with Gasteiger partial charge in [0.05, 0.1) is 13.0 Å². The van der Waals surface area contributed by atoms with Crippen molar-refractivity contribution in [2.45, 2.75) is 12.8 Å². The Morgan fingerprint density at radius 1 is 1.56 bits per heavy atom. The van der Waals surface area contributed by atoms with Crippen LogP contribution >= 0.6 is 15.9 Å². The standard InChI is InChI=1S/C12H15BrN2O3/c1-18-12(17)8-3-2-4-15(7-8)11(16)10-5-9(13)6-14-10/h5-6,8,14H,2-4,7H2,1H3/t8-/m0/s1. The van der Waals surface area contributed by atoms with Crippen LogP contribution in [0.5, 0.6) is 0 Å². The number of H-pyrrole nitrogens is 1. The van der Waals surface area contributed by atoms with Crippen molar-refractivity contribution >= 4 is 27.8 Å². The number of nitrogens with one attached hydrogen (secondary N) is 1. The van der Waals surface area contributed by atoms with Gasteiger partial charge >= 0.3 is 5.97 Å². The molecule has 0 bridgehead atoms. The molecule has 0 aliphatic carbocycles. The van der Waals surface area contributed by atoms with Crippen molar-refractivity contribution in [3.63, 3.8) is 0 Å². The predicted octanol–water partition coefficient (Wildman–Crippen LogP) is 1.80. The summed E-state index contributed by atoms with van der Waals surface area (Å²) in [5, 5.41) is 0. The summed E-state index contributed by atoms with van der Waals surface area (Å²) in [6.07, 6.45) is 3.33. The van der Waals surface area contributed by atoms with Gasteiger partial charge in [-0.1, -0.05) is 0 Å². The van der Waals surface area contributed by atoms with Gasteiger partial charge in [0.2, 0.25) is 0 Å². The van der Waals surface area contributed by atoms with Gasteiger partial charge in [-0.05, 0) is 34.8 Å². The highest BCUT2D eigenvalue weighted by Crippen LogP contribution is 2.20. The molecule has 1 fully saturated rings. The number of likely N-dealkylation sites (tertiary alicyclic amines) is 1. The van der Waals surface area contributed by atoms with E-state index in [0.717, 1.165) is 17.3 Å². The van der Waals surface area contributed by atoms with E-state index < -0.39 is 0 Å². The number of rotatable bonds is 2. The lowest BCUT2D eigenvalue weighted by molar-refractivity contribution is -0.146. The quantitative estimate of drug-likeness (QED) is 0.847. The van der Waals surface area contributed by atoms with Crippen molar-refractivity contribution in [3.05, 3.63) is 22.4 Å². The number of piperidine rings is 1. The fourth-order valence-electron chi connectivity index (χ4n) is 2.18. The van der Waals surface area contributed by atoms with Gasteiger partial charge in [0.25, 0.3) is 5.91 Å². The first kappa shape index (κ1) is 13.1. The molecule has 1 saturated heterocycles. The smallest absolute Gasteiger partial charge is 0.310 e. The molecule has 2 rings (SSSR count). The number of carbonyl (C=O) groups is 2. The van der Waals surface area contributed by atoms with Crippen LogP contribution in [-0.2, 0) is 9.53 Å². The van der Waals surface area contributed by atoms with Crippen LogP contribution in [0.1, 0.15) is 23.3 Å². The zero-order valence-corrected chi connectivity index (χ0v) is 11.7. The van der Waals surface area contributed by atoms with Gasteiger partial charge in [0.1, 0.15) is 5.69 Å². The summed E-state index contributed by atoms with van der Waals surface area (Å²) in [4.78, 5) is 28.3. The number of methoxy groups -OCH3 is 1. The van der Waals surface area contributed by atoms with E-state index in [4.69, 9.17) is 4.74 Å². The third-order valence-corrected chi connectivity index (χ3v) is 3.58. The maximum atomic E-state index is 12.2. The van der Waals surface area contributed by atoms with Gasteiger partial charge in [-0.15, -0.1) is 0 Å². The molecular weight excluding hydrogens is 300 g/mol. The number of amides is 1. The molecule has 1 N–H and O–H groups in total. The third-order valence-electron chi connectivity index (χ3n) is 3.12. The summed E-state index contributed by atoms with van der Waals surface area (Å²) in [5.74, 6) is -0.513. The Labute approximate surface area is 114 Å². The van der Waals surface area contributed by atoms with Crippen LogP contribution < -0.4 is 0 Å². The minimum atomic E-state index is -0.236. The van der Waals surface area contributed by atoms with Gasteiger partial charge in [0, 0.05) is 23.8 Å². The van der Waals surface area contributed by atoms with E-state index >= 15 is 0 Å². The first-order chi connectivity index (χ1) is 8.61. The highest BCUT2D eigenvalue weighted by molar-refractivity contribution is 9.10. The molecule has 98 valence electrons. The average Bonchev–Trinajstić information content (AvgIpc) is 2.83. The van der Waals surface area contributed by atoms with Crippen molar-refractivity contribution < 1.29 is 14.3 Å². The van der Waals surface area contributed by atoms with Crippen LogP contribution in [0.4, 0.5) is 0 Å². The Kier molecular flexibility index (Phi) is 4.06. The molecule has 0 unspecified atom stereocenters. The summed E-state index contributed by atoms with van der Waals surface area (Å²) >= 11 is 3.29. The Balaban J connectivity index is 2.05. The second kappa shape index (κ2) is 5.56. The number of hydrogen-bond donors (Lipinski definition) is 1. The number of ether oxygens (including phenoxy) is 1. The van der Waals surface area contributed by atoms with E-state index in [1.807, 2.05) is 0 Å². The van der Waals surface area contributed by atoms with E-state index in [9.17, 15) is 9.59 Å². The van der Waals surface area contributed by atoms with Crippen LogP contribution in [0, 0.1) is 5.92 Å². The summed E-state index contributed by atoms with van der Waals surface area (Å²) in [6.45, 7) is 1.12. The Morgan fingerprint density at radius 3 is 2.94 bits per heavy atom.